The number of hydrogen-bond donors (Lipinski definition) is 1. The normalized spacial score (nSPS) is 14.4. The Morgan fingerprint density at radius 1 is 1.29 bits per heavy atom. The lowest BCUT2D eigenvalue weighted by molar-refractivity contribution is -0.147. The average molecular weight is 243 g/mol. The van der Waals surface area contributed by atoms with Gasteiger partial charge < -0.3 is 14.8 Å². The second-order valence-electron chi connectivity index (χ2n) is 4.94. The highest BCUT2D eigenvalue weighted by Gasteiger charge is 2.36. The number of rotatable bonds is 4. The number of alkyl carbamates (subject to hydrolysis) is 1. The molecule has 1 amide bonds. The number of carbonyl (C=O) groups excluding carboxylic acids is 2. The summed E-state index contributed by atoms with van der Waals surface area (Å²) >= 11 is 0. The van der Waals surface area contributed by atoms with Crippen molar-refractivity contribution in [3.05, 3.63) is 12.7 Å². The Morgan fingerprint density at radius 3 is 2.18 bits per heavy atom. The maximum absolute atomic E-state index is 11.6. The van der Waals surface area contributed by atoms with Gasteiger partial charge in [-0.25, -0.2) is 9.59 Å². The molecule has 17 heavy (non-hydrogen) atoms. The number of methoxy groups -OCH3 is 1. The summed E-state index contributed by atoms with van der Waals surface area (Å²) in [6, 6.07) is 0. The number of amides is 1. The molecule has 0 bridgehead atoms. The minimum atomic E-state index is -1.15. The van der Waals surface area contributed by atoms with Crippen LogP contribution in [-0.2, 0) is 14.3 Å². The Balaban J connectivity index is 4.71. The first-order valence-corrected chi connectivity index (χ1v) is 5.35. The van der Waals surface area contributed by atoms with Crippen molar-refractivity contribution in [2.45, 2.75) is 45.3 Å². The third-order valence-electron chi connectivity index (χ3n) is 1.97. The van der Waals surface area contributed by atoms with E-state index in [1.807, 2.05) is 0 Å². The lowest BCUT2D eigenvalue weighted by atomic mass is 9.98. The Labute approximate surface area is 102 Å². The van der Waals surface area contributed by atoms with Crippen LogP contribution >= 0.6 is 0 Å². The molecule has 98 valence electrons. The molecular formula is C12H21NO4. The van der Waals surface area contributed by atoms with Gasteiger partial charge in [0.1, 0.15) is 11.1 Å². The molecular weight excluding hydrogens is 222 g/mol. The van der Waals surface area contributed by atoms with Gasteiger partial charge in [0.2, 0.25) is 0 Å². The highest BCUT2D eigenvalue weighted by Crippen LogP contribution is 2.14. The molecule has 0 aliphatic rings. The molecule has 0 fully saturated rings. The smallest absolute Gasteiger partial charge is 0.408 e. The third-order valence-corrected chi connectivity index (χ3v) is 1.97. The fourth-order valence-corrected chi connectivity index (χ4v) is 1.23. The molecule has 0 aromatic carbocycles. The summed E-state index contributed by atoms with van der Waals surface area (Å²) in [7, 11) is 1.26. The molecule has 0 heterocycles. The van der Waals surface area contributed by atoms with Gasteiger partial charge in [0.05, 0.1) is 7.11 Å². The van der Waals surface area contributed by atoms with E-state index in [0.717, 1.165) is 0 Å². The molecule has 1 N–H and O–H groups in total. The summed E-state index contributed by atoms with van der Waals surface area (Å²) in [5.74, 6) is -0.539. The SMILES string of the molecule is C=CC[C@@](C)(NC(=O)OC(C)(C)C)C(=O)OC. The van der Waals surface area contributed by atoms with Crippen LogP contribution in [0.15, 0.2) is 12.7 Å². The largest absolute Gasteiger partial charge is 0.467 e. The van der Waals surface area contributed by atoms with Crippen molar-refractivity contribution >= 4 is 12.1 Å². The fraction of sp³-hybridized carbons (Fsp3) is 0.667. The average Bonchev–Trinajstić information content (AvgIpc) is 2.13. The number of nitrogens with one attached hydrogen (secondary N) is 1. The molecule has 0 spiro atoms. The lowest BCUT2D eigenvalue weighted by Crippen LogP contribution is -2.53. The maximum Gasteiger partial charge on any atom is 0.408 e. The van der Waals surface area contributed by atoms with E-state index < -0.39 is 23.2 Å². The Kier molecular flexibility index (Phi) is 5.19. The first-order chi connectivity index (χ1) is 7.64. The number of carbonyl (C=O) groups is 2. The molecule has 0 aliphatic carbocycles. The van der Waals surface area contributed by atoms with Crippen LogP contribution in [0.5, 0.6) is 0 Å². The van der Waals surface area contributed by atoms with Crippen molar-refractivity contribution in [1.29, 1.82) is 0 Å². The van der Waals surface area contributed by atoms with Crippen LogP contribution in [0.25, 0.3) is 0 Å². The van der Waals surface area contributed by atoms with Crippen molar-refractivity contribution in [2.24, 2.45) is 0 Å². The summed E-state index contributed by atoms with van der Waals surface area (Å²) < 4.78 is 9.72. The molecule has 0 aliphatic heterocycles. The van der Waals surface area contributed by atoms with Crippen molar-refractivity contribution in [2.75, 3.05) is 7.11 Å². The summed E-state index contributed by atoms with van der Waals surface area (Å²) in [6.45, 7) is 10.3. The van der Waals surface area contributed by atoms with Gasteiger partial charge in [-0.3, -0.25) is 0 Å². The first-order valence-electron chi connectivity index (χ1n) is 5.35. The summed E-state index contributed by atoms with van der Waals surface area (Å²) in [6.07, 6.45) is 1.14. The highest BCUT2D eigenvalue weighted by molar-refractivity contribution is 5.85. The quantitative estimate of drug-likeness (QED) is 0.606. The maximum atomic E-state index is 11.6. The van der Waals surface area contributed by atoms with Gasteiger partial charge in [-0.15, -0.1) is 6.58 Å². The van der Waals surface area contributed by atoms with E-state index >= 15 is 0 Å². The van der Waals surface area contributed by atoms with Gasteiger partial charge in [0.25, 0.3) is 0 Å². The van der Waals surface area contributed by atoms with Crippen molar-refractivity contribution in [3.8, 4) is 0 Å². The zero-order valence-corrected chi connectivity index (χ0v) is 11.1. The van der Waals surface area contributed by atoms with Gasteiger partial charge in [-0.1, -0.05) is 6.08 Å². The van der Waals surface area contributed by atoms with Crippen molar-refractivity contribution < 1.29 is 19.1 Å². The van der Waals surface area contributed by atoms with Crippen molar-refractivity contribution in [3.63, 3.8) is 0 Å². The standard InChI is InChI=1S/C12H21NO4/c1-7-8-12(5,9(14)16-6)13-10(15)17-11(2,3)4/h7H,1,8H2,2-6H3,(H,13,15)/t12-/m1/s1. The Morgan fingerprint density at radius 2 is 1.82 bits per heavy atom. The Hall–Kier alpha value is -1.52. The minimum Gasteiger partial charge on any atom is -0.467 e. The lowest BCUT2D eigenvalue weighted by Gasteiger charge is -2.28. The molecule has 5 heteroatoms. The van der Waals surface area contributed by atoms with Crippen LogP contribution in [0.2, 0.25) is 0 Å². The molecule has 0 saturated carbocycles. The zero-order chi connectivity index (χ0) is 13.7. The predicted octanol–water partition coefficient (Wildman–Crippen LogP) is 2.02. The second kappa shape index (κ2) is 5.70. The van der Waals surface area contributed by atoms with Crippen LogP contribution in [0.1, 0.15) is 34.1 Å². The Bertz CT molecular complexity index is 306. The van der Waals surface area contributed by atoms with Gasteiger partial charge in [-0.05, 0) is 34.1 Å². The van der Waals surface area contributed by atoms with E-state index in [9.17, 15) is 9.59 Å². The van der Waals surface area contributed by atoms with Crippen LogP contribution < -0.4 is 5.32 Å². The number of ether oxygens (including phenoxy) is 2. The van der Waals surface area contributed by atoms with E-state index in [1.54, 1.807) is 27.7 Å². The summed E-state index contributed by atoms with van der Waals surface area (Å²) in [4.78, 5) is 23.2. The molecule has 0 unspecified atom stereocenters. The van der Waals surface area contributed by atoms with E-state index in [0.29, 0.717) is 0 Å². The zero-order valence-electron chi connectivity index (χ0n) is 11.1. The van der Waals surface area contributed by atoms with Gasteiger partial charge >= 0.3 is 12.1 Å². The first kappa shape index (κ1) is 15.5. The van der Waals surface area contributed by atoms with Crippen LogP contribution in [0, 0.1) is 0 Å². The second-order valence-corrected chi connectivity index (χ2v) is 4.94. The van der Waals surface area contributed by atoms with E-state index in [2.05, 4.69) is 16.6 Å². The monoisotopic (exact) mass is 243 g/mol. The van der Waals surface area contributed by atoms with Crippen LogP contribution in [0.3, 0.4) is 0 Å². The van der Waals surface area contributed by atoms with Crippen LogP contribution in [0.4, 0.5) is 4.79 Å². The summed E-state index contributed by atoms with van der Waals surface area (Å²) in [5, 5.41) is 2.49. The molecule has 1 atom stereocenters. The topological polar surface area (TPSA) is 64.6 Å². The van der Waals surface area contributed by atoms with Gasteiger partial charge in [0, 0.05) is 0 Å². The van der Waals surface area contributed by atoms with E-state index in [1.165, 1.54) is 13.2 Å². The molecule has 0 rings (SSSR count). The van der Waals surface area contributed by atoms with Crippen molar-refractivity contribution in [1.82, 2.24) is 5.32 Å². The minimum absolute atomic E-state index is 0.263. The van der Waals surface area contributed by atoms with E-state index in [4.69, 9.17) is 4.74 Å². The molecule has 0 saturated heterocycles. The highest BCUT2D eigenvalue weighted by atomic mass is 16.6. The number of esters is 1. The molecule has 5 nitrogen and oxygen atoms in total. The van der Waals surface area contributed by atoms with Gasteiger partial charge in [-0.2, -0.15) is 0 Å². The third kappa shape index (κ3) is 5.38. The van der Waals surface area contributed by atoms with Gasteiger partial charge in [0.15, 0.2) is 0 Å². The molecule has 0 radical (unpaired) electrons. The molecule has 0 aromatic rings. The summed E-state index contributed by atoms with van der Waals surface area (Å²) in [5.41, 5.74) is -1.77. The van der Waals surface area contributed by atoms with Crippen LogP contribution in [-0.4, -0.2) is 30.3 Å². The molecule has 0 aromatic heterocycles. The fourth-order valence-electron chi connectivity index (χ4n) is 1.23. The predicted molar refractivity (Wildman–Crippen MR) is 64.6 cm³/mol. The number of hydrogen-bond acceptors (Lipinski definition) is 4. The van der Waals surface area contributed by atoms with E-state index in [-0.39, 0.29) is 6.42 Å².